The molecule has 6 heteroatoms. The zero-order valence-corrected chi connectivity index (χ0v) is 13.0. The van der Waals surface area contributed by atoms with Crippen LogP contribution in [0.1, 0.15) is 45.8 Å². The number of aromatic nitrogens is 1. The van der Waals surface area contributed by atoms with Crippen LogP contribution in [0, 0.1) is 0 Å². The van der Waals surface area contributed by atoms with Crippen molar-refractivity contribution >= 4 is 17.4 Å². The molecule has 2 aromatic rings. The van der Waals surface area contributed by atoms with Crippen LogP contribution in [0.5, 0.6) is 0 Å². The number of ketones is 1. The Morgan fingerprint density at radius 1 is 1.13 bits per heavy atom. The van der Waals surface area contributed by atoms with E-state index in [4.69, 9.17) is 10.5 Å². The van der Waals surface area contributed by atoms with E-state index in [2.05, 4.69) is 4.98 Å². The molecule has 0 aliphatic heterocycles. The first-order chi connectivity index (χ1) is 11.0. The number of nitrogens with one attached hydrogen (secondary N) is 1. The van der Waals surface area contributed by atoms with Crippen molar-refractivity contribution in [3.63, 3.8) is 0 Å². The lowest BCUT2D eigenvalue weighted by molar-refractivity contribution is 0.0524. The number of ether oxygens (including phenoxy) is 1. The molecule has 23 heavy (non-hydrogen) atoms. The van der Waals surface area contributed by atoms with Gasteiger partial charge >= 0.3 is 5.97 Å². The Balaban J connectivity index is 2.53. The number of nitrogens with two attached hydrogens (primary N) is 1. The number of nitrogen functional groups attached to an aromatic ring is 1. The average Bonchev–Trinajstić information content (AvgIpc) is 2.54. The van der Waals surface area contributed by atoms with Crippen molar-refractivity contribution in [1.29, 1.82) is 0 Å². The molecule has 0 aliphatic rings. The molecular formula is C17H18N2O4. The topological polar surface area (TPSA) is 102 Å². The Labute approximate surface area is 133 Å². The Hall–Kier alpha value is -2.89. The highest BCUT2D eigenvalue weighted by Crippen LogP contribution is 2.15. The van der Waals surface area contributed by atoms with E-state index in [9.17, 15) is 14.4 Å². The van der Waals surface area contributed by atoms with Crippen LogP contribution in [0.2, 0.25) is 0 Å². The van der Waals surface area contributed by atoms with Gasteiger partial charge in [-0.05, 0) is 43.7 Å². The first kappa shape index (κ1) is 16.5. The molecule has 0 saturated heterocycles. The maximum atomic E-state index is 12.7. The van der Waals surface area contributed by atoms with Gasteiger partial charge in [-0.25, -0.2) is 4.79 Å². The van der Waals surface area contributed by atoms with Crippen LogP contribution in [0.3, 0.4) is 0 Å². The van der Waals surface area contributed by atoms with Crippen molar-refractivity contribution in [2.75, 3.05) is 12.3 Å². The van der Waals surface area contributed by atoms with Gasteiger partial charge in [-0.2, -0.15) is 0 Å². The maximum absolute atomic E-state index is 12.7. The third-order valence-electron chi connectivity index (χ3n) is 3.39. The van der Waals surface area contributed by atoms with E-state index < -0.39 is 11.5 Å². The van der Waals surface area contributed by atoms with E-state index in [0.29, 0.717) is 23.4 Å². The summed E-state index contributed by atoms with van der Waals surface area (Å²) in [6.07, 6.45) is 0.453. The predicted octanol–water partition coefficient (Wildman–Crippen LogP) is 1.93. The lowest BCUT2D eigenvalue weighted by atomic mass is 9.99. The molecule has 1 aromatic carbocycles. The molecule has 6 nitrogen and oxygen atoms in total. The summed E-state index contributed by atoms with van der Waals surface area (Å²) in [4.78, 5) is 39.1. The van der Waals surface area contributed by atoms with Gasteiger partial charge in [-0.1, -0.05) is 6.92 Å². The highest BCUT2D eigenvalue weighted by Gasteiger charge is 2.20. The van der Waals surface area contributed by atoms with Crippen LogP contribution < -0.4 is 11.3 Å². The number of benzene rings is 1. The van der Waals surface area contributed by atoms with Gasteiger partial charge in [0.25, 0.3) is 5.56 Å². The first-order valence-corrected chi connectivity index (χ1v) is 7.31. The molecule has 3 N–H and O–H groups in total. The fourth-order valence-electron chi connectivity index (χ4n) is 2.20. The summed E-state index contributed by atoms with van der Waals surface area (Å²) in [6.45, 7) is 3.61. The quantitative estimate of drug-likeness (QED) is 0.499. The number of rotatable bonds is 5. The molecule has 0 unspecified atom stereocenters. The molecule has 0 bridgehead atoms. The SMILES string of the molecule is CCOC(=O)c1cc(C(=O)c2ccc(N)cc2)c(CC)[nH]c1=O. The number of anilines is 1. The van der Waals surface area contributed by atoms with Gasteiger partial charge in [0, 0.05) is 22.5 Å². The zero-order chi connectivity index (χ0) is 17.0. The Bertz CT molecular complexity index is 791. The van der Waals surface area contributed by atoms with Crippen molar-refractivity contribution in [1.82, 2.24) is 4.98 Å². The lowest BCUT2D eigenvalue weighted by Gasteiger charge is -2.09. The molecule has 0 radical (unpaired) electrons. The number of aryl methyl sites for hydroxylation is 1. The van der Waals surface area contributed by atoms with Gasteiger partial charge in [0.1, 0.15) is 5.56 Å². The first-order valence-electron chi connectivity index (χ1n) is 7.31. The normalized spacial score (nSPS) is 10.3. The number of esters is 1. The minimum absolute atomic E-state index is 0.148. The molecule has 2 rings (SSSR count). The van der Waals surface area contributed by atoms with Gasteiger partial charge < -0.3 is 15.5 Å². The minimum Gasteiger partial charge on any atom is -0.462 e. The van der Waals surface area contributed by atoms with Crippen LogP contribution in [0.4, 0.5) is 5.69 Å². The van der Waals surface area contributed by atoms with Crippen LogP contribution in [0.15, 0.2) is 35.1 Å². The third-order valence-corrected chi connectivity index (χ3v) is 3.39. The molecular weight excluding hydrogens is 296 g/mol. The Morgan fingerprint density at radius 3 is 2.35 bits per heavy atom. The van der Waals surface area contributed by atoms with E-state index in [0.717, 1.165) is 0 Å². The largest absolute Gasteiger partial charge is 0.462 e. The fourth-order valence-corrected chi connectivity index (χ4v) is 2.20. The highest BCUT2D eigenvalue weighted by atomic mass is 16.5. The van der Waals surface area contributed by atoms with Crippen molar-refractivity contribution in [3.8, 4) is 0 Å². The standard InChI is InChI=1S/C17H18N2O4/c1-3-14-12(15(20)10-5-7-11(18)8-6-10)9-13(16(21)19-14)17(22)23-4-2/h5-9H,3-4,18H2,1-2H3,(H,19,21). The summed E-state index contributed by atoms with van der Waals surface area (Å²) in [6, 6.07) is 7.75. The van der Waals surface area contributed by atoms with Crippen molar-refractivity contribution in [2.45, 2.75) is 20.3 Å². The maximum Gasteiger partial charge on any atom is 0.343 e. The minimum atomic E-state index is -0.747. The number of hydrogen-bond acceptors (Lipinski definition) is 5. The second-order valence-corrected chi connectivity index (χ2v) is 4.93. The molecule has 0 aliphatic carbocycles. The van der Waals surface area contributed by atoms with E-state index in [1.54, 1.807) is 31.2 Å². The molecule has 0 fully saturated rings. The van der Waals surface area contributed by atoms with E-state index in [1.165, 1.54) is 6.07 Å². The number of aromatic amines is 1. The number of hydrogen-bond donors (Lipinski definition) is 2. The summed E-state index contributed by atoms with van der Waals surface area (Å²) in [5.41, 5.74) is 6.61. The molecule has 1 aromatic heterocycles. The molecule has 0 amide bonds. The van der Waals surface area contributed by atoms with Gasteiger partial charge in [0.15, 0.2) is 5.78 Å². The monoisotopic (exact) mass is 314 g/mol. The molecule has 120 valence electrons. The summed E-state index contributed by atoms with van der Waals surface area (Å²) >= 11 is 0. The molecule has 1 heterocycles. The van der Waals surface area contributed by atoms with Gasteiger partial charge in [0.2, 0.25) is 0 Å². The lowest BCUT2D eigenvalue weighted by Crippen LogP contribution is -2.23. The molecule has 0 atom stereocenters. The average molecular weight is 314 g/mol. The second-order valence-electron chi connectivity index (χ2n) is 4.93. The zero-order valence-electron chi connectivity index (χ0n) is 13.0. The summed E-state index contributed by atoms with van der Waals surface area (Å²) in [5.74, 6) is -1.04. The summed E-state index contributed by atoms with van der Waals surface area (Å²) in [7, 11) is 0. The van der Waals surface area contributed by atoms with Gasteiger partial charge in [-0.3, -0.25) is 9.59 Å². The third kappa shape index (κ3) is 3.48. The van der Waals surface area contributed by atoms with Crippen molar-refractivity contribution in [3.05, 3.63) is 63.1 Å². The second kappa shape index (κ2) is 6.91. The predicted molar refractivity (Wildman–Crippen MR) is 86.7 cm³/mol. The Kier molecular flexibility index (Phi) is 4.95. The van der Waals surface area contributed by atoms with Crippen LogP contribution in [-0.4, -0.2) is 23.3 Å². The van der Waals surface area contributed by atoms with E-state index in [1.807, 2.05) is 6.92 Å². The van der Waals surface area contributed by atoms with Crippen LogP contribution in [0.25, 0.3) is 0 Å². The summed E-state index contributed by atoms with van der Waals surface area (Å²) < 4.78 is 4.85. The van der Waals surface area contributed by atoms with Crippen molar-refractivity contribution < 1.29 is 14.3 Å². The number of H-pyrrole nitrogens is 1. The Morgan fingerprint density at radius 2 is 1.78 bits per heavy atom. The highest BCUT2D eigenvalue weighted by molar-refractivity contribution is 6.10. The van der Waals surface area contributed by atoms with Crippen molar-refractivity contribution in [2.24, 2.45) is 0 Å². The van der Waals surface area contributed by atoms with E-state index in [-0.39, 0.29) is 23.5 Å². The number of carbonyl (C=O) groups excluding carboxylic acids is 2. The fraction of sp³-hybridized carbons (Fsp3) is 0.235. The smallest absolute Gasteiger partial charge is 0.343 e. The van der Waals surface area contributed by atoms with E-state index >= 15 is 0 Å². The van der Waals surface area contributed by atoms with Crippen LogP contribution in [-0.2, 0) is 11.2 Å². The number of pyridine rings is 1. The molecule has 0 saturated carbocycles. The molecule has 0 spiro atoms. The summed E-state index contributed by atoms with van der Waals surface area (Å²) in [5, 5.41) is 0. The van der Waals surface area contributed by atoms with Gasteiger partial charge in [-0.15, -0.1) is 0 Å². The number of carbonyl (C=O) groups is 2. The van der Waals surface area contributed by atoms with Crippen LogP contribution >= 0.6 is 0 Å². The van der Waals surface area contributed by atoms with Gasteiger partial charge in [0.05, 0.1) is 6.61 Å².